The lowest BCUT2D eigenvalue weighted by atomic mass is 10.1. The van der Waals surface area contributed by atoms with Gasteiger partial charge in [-0.1, -0.05) is 29.3 Å². The summed E-state index contributed by atoms with van der Waals surface area (Å²) >= 11 is 12.2. The number of nitrogens with two attached hydrogens (primary N) is 1. The smallest absolute Gasteiger partial charge is 0.125 e. The van der Waals surface area contributed by atoms with Gasteiger partial charge in [0.2, 0.25) is 0 Å². The Bertz CT molecular complexity index is 617. The number of benzene rings is 2. The maximum absolute atomic E-state index is 6.19. The molecule has 3 nitrogen and oxygen atoms in total. The zero-order chi connectivity index (χ0) is 15.2. The molecule has 0 amide bonds. The molecule has 5 heteroatoms. The van der Waals surface area contributed by atoms with Crippen LogP contribution in [0.3, 0.4) is 0 Å². The zero-order valence-electron chi connectivity index (χ0n) is 11.7. The van der Waals surface area contributed by atoms with Gasteiger partial charge in [-0.15, -0.1) is 0 Å². The first-order chi connectivity index (χ1) is 10.2. The summed E-state index contributed by atoms with van der Waals surface area (Å²) in [6, 6.07) is 11.0. The molecule has 0 fully saturated rings. The van der Waals surface area contributed by atoms with Crippen LogP contribution in [0.4, 0.5) is 0 Å². The van der Waals surface area contributed by atoms with Crippen molar-refractivity contribution in [2.45, 2.75) is 13.0 Å². The van der Waals surface area contributed by atoms with Gasteiger partial charge in [-0.3, -0.25) is 0 Å². The monoisotopic (exact) mass is 325 g/mol. The molecule has 0 atom stereocenters. The summed E-state index contributed by atoms with van der Waals surface area (Å²) in [6.45, 7) is 0.863. The number of ether oxygens (including phenoxy) is 2. The summed E-state index contributed by atoms with van der Waals surface area (Å²) in [4.78, 5) is 0. The van der Waals surface area contributed by atoms with Crippen LogP contribution in [0.5, 0.6) is 11.5 Å². The first-order valence-electron chi connectivity index (χ1n) is 6.58. The molecule has 0 spiro atoms. The number of halogens is 2. The van der Waals surface area contributed by atoms with Crippen LogP contribution in [0.25, 0.3) is 0 Å². The van der Waals surface area contributed by atoms with E-state index in [4.69, 9.17) is 38.4 Å². The Morgan fingerprint density at radius 1 is 1.10 bits per heavy atom. The van der Waals surface area contributed by atoms with Crippen LogP contribution < -0.4 is 15.2 Å². The largest absolute Gasteiger partial charge is 0.496 e. The van der Waals surface area contributed by atoms with Crippen molar-refractivity contribution in [3.63, 3.8) is 0 Å². The molecule has 2 N–H and O–H groups in total. The van der Waals surface area contributed by atoms with E-state index in [0.717, 1.165) is 22.6 Å². The molecular formula is C16H17Cl2NO2. The van der Waals surface area contributed by atoms with Gasteiger partial charge < -0.3 is 15.2 Å². The fourth-order valence-electron chi connectivity index (χ4n) is 2.08. The highest BCUT2D eigenvalue weighted by molar-refractivity contribution is 6.31. The van der Waals surface area contributed by atoms with E-state index in [-0.39, 0.29) is 0 Å². The molecule has 2 aromatic carbocycles. The van der Waals surface area contributed by atoms with Gasteiger partial charge in [0, 0.05) is 21.2 Å². The lowest BCUT2D eigenvalue weighted by Crippen LogP contribution is -2.06. The van der Waals surface area contributed by atoms with Crippen LogP contribution >= 0.6 is 23.2 Å². The van der Waals surface area contributed by atoms with Gasteiger partial charge >= 0.3 is 0 Å². The van der Waals surface area contributed by atoms with E-state index < -0.39 is 0 Å². The Balaban J connectivity index is 2.20. The van der Waals surface area contributed by atoms with E-state index >= 15 is 0 Å². The molecule has 0 saturated heterocycles. The predicted molar refractivity (Wildman–Crippen MR) is 86.5 cm³/mol. The average molecular weight is 326 g/mol. The minimum atomic E-state index is 0.349. The minimum absolute atomic E-state index is 0.349. The van der Waals surface area contributed by atoms with Crippen LogP contribution in [0, 0.1) is 0 Å². The third kappa shape index (κ3) is 4.03. The van der Waals surface area contributed by atoms with Gasteiger partial charge in [0.25, 0.3) is 0 Å². The van der Waals surface area contributed by atoms with E-state index in [9.17, 15) is 0 Å². The number of hydrogen-bond acceptors (Lipinski definition) is 3. The topological polar surface area (TPSA) is 44.5 Å². The number of methoxy groups -OCH3 is 1. The third-order valence-electron chi connectivity index (χ3n) is 3.10. The van der Waals surface area contributed by atoms with Gasteiger partial charge in [-0.2, -0.15) is 0 Å². The molecule has 2 aromatic rings. The van der Waals surface area contributed by atoms with E-state index in [1.807, 2.05) is 30.3 Å². The van der Waals surface area contributed by atoms with Crippen molar-refractivity contribution >= 4 is 23.2 Å². The molecule has 0 aliphatic carbocycles. The summed E-state index contributed by atoms with van der Waals surface area (Å²) in [6.07, 6.45) is 0.668. The van der Waals surface area contributed by atoms with Crippen LogP contribution in [-0.2, 0) is 13.0 Å². The minimum Gasteiger partial charge on any atom is -0.496 e. The molecule has 0 unspecified atom stereocenters. The molecule has 0 saturated carbocycles. The van der Waals surface area contributed by atoms with Crippen LogP contribution in [0.2, 0.25) is 10.0 Å². The molecular weight excluding hydrogens is 309 g/mol. The van der Waals surface area contributed by atoms with Crippen molar-refractivity contribution < 1.29 is 9.47 Å². The second kappa shape index (κ2) is 7.55. The maximum Gasteiger partial charge on any atom is 0.125 e. The standard InChI is InChI=1S/C16H17Cl2NO2/c1-20-15-6-5-12(17)9-11(15)10-21-16-4-2-3-14(18)13(16)7-8-19/h2-6,9H,7-8,10,19H2,1H3. The molecule has 0 bridgehead atoms. The fourth-order valence-corrected chi connectivity index (χ4v) is 2.53. The first kappa shape index (κ1) is 16.0. The van der Waals surface area contributed by atoms with Gasteiger partial charge in [0.1, 0.15) is 18.1 Å². The van der Waals surface area contributed by atoms with Crippen molar-refractivity contribution in [3.8, 4) is 11.5 Å². The zero-order valence-corrected chi connectivity index (χ0v) is 13.2. The predicted octanol–water partition coefficient (Wildman–Crippen LogP) is 4.08. The average Bonchev–Trinajstić information content (AvgIpc) is 2.48. The van der Waals surface area contributed by atoms with Crippen molar-refractivity contribution in [3.05, 3.63) is 57.6 Å². The Morgan fingerprint density at radius 2 is 1.90 bits per heavy atom. The van der Waals surface area contributed by atoms with Crippen molar-refractivity contribution in [2.75, 3.05) is 13.7 Å². The summed E-state index contributed by atoms with van der Waals surface area (Å²) in [5.74, 6) is 1.47. The number of rotatable bonds is 6. The Morgan fingerprint density at radius 3 is 2.62 bits per heavy atom. The second-order valence-electron chi connectivity index (χ2n) is 4.50. The summed E-state index contributed by atoms with van der Waals surface area (Å²) in [7, 11) is 1.62. The van der Waals surface area contributed by atoms with Crippen LogP contribution in [0.1, 0.15) is 11.1 Å². The number of hydrogen-bond donors (Lipinski definition) is 1. The SMILES string of the molecule is COc1ccc(Cl)cc1COc1cccc(Cl)c1CCN. The van der Waals surface area contributed by atoms with Gasteiger partial charge in [0.15, 0.2) is 0 Å². The summed E-state index contributed by atoms with van der Waals surface area (Å²) in [5, 5.41) is 1.30. The Labute approximate surface area is 134 Å². The lowest BCUT2D eigenvalue weighted by molar-refractivity contribution is 0.294. The Kier molecular flexibility index (Phi) is 5.74. The van der Waals surface area contributed by atoms with Crippen LogP contribution in [-0.4, -0.2) is 13.7 Å². The van der Waals surface area contributed by atoms with Gasteiger partial charge in [0.05, 0.1) is 7.11 Å². The van der Waals surface area contributed by atoms with E-state index in [2.05, 4.69) is 0 Å². The van der Waals surface area contributed by atoms with Crippen molar-refractivity contribution in [1.29, 1.82) is 0 Å². The van der Waals surface area contributed by atoms with Crippen LogP contribution in [0.15, 0.2) is 36.4 Å². The molecule has 0 aromatic heterocycles. The normalized spacial score (nSPS) is 10.5. The third-order valence-corrected chi connectivity index (χ3v) is 3.69. The van der Waals surface area contributed by atoms with Crippen molar-refractivity contribution in [1.82, 2.24) is 0 Å². The van der Waals surface area contributed by atoms with E-state index in [1.165, 1.54) is 0 Å². The van der Waals surface area contributed by atoms with Gasteiger partial charge in [-0.25, -0.2) is 0 Å². The summed E-state index contributed by atoms with van der Waals surface area (Å²) in [5.41, 5.74) is 7.42. The lowest BCUT2D eigenvalue weighted by Gasteiger charge is -2.14. The molecule has 0 radical (unpaired) electrons. The highest BCUT2D eigenvalue weighted by Gasteiger charge is 2.10. The molecule has 21 heavy (non-hydrogen) atoms. The fraction of sp³-hybridized carbons (Fsp3) is 0.250. The highest BCUT2D eigenvalue weighted by atomic mass is 35.5. The van der Waals surface area contributed by atoms with E-state index in [1.54, 1.807) is 13.2 Å². The van der Waals surface area contributed by atoms with Gasteiger partial charge in [-0.05, 0) is 43.3 Å². The molecule has 112 valence electrons. The summed E-state index contributed by atoms with van der Waals surface area (Å²) < 4.78 is 11.2. The molecule has 2 rings (SSSR count). The van der Waals surface area contributed by atoms with E-state index in [0.29, 0.717) is 29.6 Å². The molecule has 0 heterocycles. The maximum atomic E-state index is 6.19. The molecule has 0 aliphatic heterocycles. The second-order valence-corrected chi connectivity index (χ2v) is 5.34. The quantitative estimate of drug-likeness (QED) is 0.870. The van der Waals surface area contributed by atoms with Crippen molar-refractivity contribution in [2.24, 2.45) is 5.73 Å². The first-order valence-corrected chi connectivity index (χ1v) is 7.34. The highest BCUT2D eigenvalue weighted by Crippen LogP contribution is 2.29. The Hall–Kier alpha value is -1.42. The molecule has 0 aliphatic rings.